The summed E-state index contributed by atoms with van der Waals surface area (Å²) in [6.45, 7) is 4.33. The van der Waals surface area contributed by atoms with Gasteiger partial charge in [-0.05, 0) is 53.5 Å². The van der Waals surface area contributed by atoms with Crippen molar-refractivity contribution in [3.63, 3.8) is 0 Å². The van der Waals surface area contributed by atoms with Crippen LogP contribution in [0, 0.1) is 0 Å². The highest BCUT2D eigenvalue weighted by molar-refractivity contribution is 5.93. The number of allylic oxidation sites excluding steroid dienone is 5. The fourth-order valence-electron chi connectivity index (χ4n) is 3.56. The van der Waals surface area contributed by atoms with Crippen LogP contribution in [-0.2, 0) is 0 Å². The summed E-state index contributed by atoms with van der Waals surface area (Å²) in [5, 5.41) is 2.47. The molecule has 0 unspecified atom stereocenters. The number of H-pyrrole nitrogens is 2. The number of aromatic amines is 2. The van der Waals surface area contributed by atoms with Crippen molar-refractivity contribution in [1.29, 1.82) is 0 Å². The topological polar surface area (TPSA) is 31.6 Å². The maximum Gasteiger partial charge on any atom is 0.0461 e. The molecule has 120 valence electrons. The van der Waals surface area contributed by atoms with Gasteiger partial charge in [-0.1, -0.05) is 49.1 Å². The monoisotopic (exact) mass is 322 g/mol. The highest BCUT2D eigenvalue weighted by Crippen LogP contribution is 2.35. The van der Waals surface area contributed by atoms with Gasteiger partial charge in [0, 0.05) is 33.2 Å². The zero-order valence-corrected chi connectivity index (χ0v) is 13.8. The van der Waals surface area contributed by atoms with Crippen molar-refractivity contribution in [3.05, 3.63) is 96.4 Å². The Hall–Kier alpha value is -3.26. The van der Waals surface area contributed by atoms with Crippen LogP contribution in [0.5, 0.6) is 0 Å². The Morgan fingerprint density at radius 3 is 2.24 bits per heavy atom. The van der Waals surface area contributed by atoms with Gasteiger partial charge in [0.25, 0.3) is 0 Å². The molecule has 0 aliphatic heterocycles. The molecule has 0 fully saturated rings. The van der Waals surface area contributed by atoms with Crippen molar-refractivity contribution < 1.29 is 0 Å². The van der Waals surface area contributed by atoms with Gasteiger partial charge in [-0.2, -0.15) is 0 Å². The van der Waals surface area contributed by atoms with E-state index in [0.29, 0.717) is 0 Å². The number of aromatic nitrogens is 2. The molecule has 4 aromatic rings. The van der Waals surface area contributed by atoms with Crippen LogP contribution >= 0.6 is 0 Å². The minimum atomic E-state index is 0.916. The average Bonchev–Trinajstić information content (AvgIpc) is 3.36. The van der Waals surface area contributed by atoms with E-state index in [9.17, 15) is 0 Å². The van der Waals surface area contributed by atoms with Gasteiger partial charge in [0.15, 0.2) is 0 Å². The van der Waals surface area contributed by atoms with E-state index in [0.717, 1.165) is 23.2 Å². The first kappa shape index (κ1) is 14.1. The molecule has 0 saturated heterocycles. The van der Waals surface area contributed by atoms with Crippen molar-refractivity contribution in [2.75, 3.05) is 0 Å². The Kier molecular flexibility index (Phi) is 3.04. The molecular weight excluding hydrogens is 304 g/mol. The lowest BCUT2D eigenvalue weighted by Crippen LogP contribution is -1.85. The standard InChI is InChI=1S/C23H18N2/c1-15(22-13-17-6-2-4-8-20(17)24-22)16-10-11-19(12-16)23-14-18-7-3-5-9-21(18)25-23/h2-9,11-14,24-25H,1,10H2. The van der Waals surface area contributed by atoms with E-state index in [1.807, 2.05) is 0 Å². The molecule has 0 radical (unpaired) electrons. The molecule has 1 aliphatic carbocycles. The van der Waals surface area contributed by atoms with Crippen LogP contribution in [0.3, 0.4) is 0 Å². The molecule has 0 spiro atoms. The number of hydrogen-bond acceptors (Lipinski definition) is 0. The van der Waals surface area contributed by atoms with Crippen LogP contribution in [0.4, 0.5) is 0 Å². The molecule has 1 aliphatic rings. The van der Waals surface area contributed by atoms with Crippen LogP contribution < -0.4 is 0 Å². The van der Waals surface area contributed by atoms with Gasteiger partial charge in [0.05, 0.1) is 0 Å². The van der Waals surface area contributed by atoms with Crippen LogP contribution in [0.25, 0.3) is 33.0 Å². The SMILES string of the molecule is C=C(C1=CC(c2cc3ccccc3[nH]2)=CC1)c1cc2ccccc2[nH]1. The Morgan fingerprint density at radius 1 is 0.840 bits per heavy atom. The Morgan fingerprint density at radius 2 is 1.52 bits per heavy atom. The normalized spacial score (nSPS) is 14.1. The number of rotatable bonds is 3. The average molecular weight is 322 g/mol. The lowest BCUT2D eigenvalue weighted by Gasteiger charge is -2.03. The van der Waals surface area contributed by atoms with Gasteiger partial charge in [0.1, 0.15) is 0 Å². The Labute approximate surface area is 146 Å². The van der Waals surface area contributed by atoms with Crippen LogP contribution in [0.15, 0.2) is 85.0 Å². The molecule has 5 rings (SSSR count). The first-order valence-corrected chi connectivity index (χ1v) is 8.54. The summed E-state index contributed by atoms with van der Waals surface area (Å²) >= 11 is 0. The zero-order valence-electron chi connectivity index (χ0n) is 13.8. The lowest BCUT2D eigenvalue weighted by atomic mass is 10.0. The van der Waals surface area contributed by atoms with Gasteiger partial charge >= 0.3 is 0 Å². The van der Waals surface area contributed by atoms with Crippen molar-refractivity contribution in [1.82, 2.24) is 9.97 Å². The lowest BCUT2D eigenvalue weighted by molar-refractivity contribution is 1.31. The molecule has 0 bridgehead atoms. The first-order chi connectivity index (χ1) is 12.3. The maximum atomic E-state index is 4.33. The highest BCUT2D eigenvalue weighted by atomic mass is 14.7. The summed E-state index contributed by atoms with van der Waals surface area (Å²) in [5.74, 6) is 0. The quantitative estimate of drug-likeness (QED) is 0.458. The number of fused-ring (bicyclic) bond motifs is 2. The minimum Gasteiger partial charge on any atom is -0.355 e. The van der Waals surface area contributed by atoms with E-state index in [4.69, 9.17) is 0 Å². The summed E-state index contributed by atoms with van der Waals surface area (Å²) in [6, 6.07) is 21.1. The third kappa shape index (κ3) is 2.34. The summed E-state index contributed by atoms with van der Waals surface area (Å²) < 4.78 is 0. The summed E-state index contributed by atoms with van der Waals surface area (Å²) in [6.07, 6.45) is 5.44. The number of nitrogens with one attached hydrogen (secondary N) is 2. The van der Waals surface area contributed by atoms with Crippen molar-refractivity contribution >= 4 is 33.0 Å². The molecule has 0 saturated carbocycles. The molecular formula is C23H18N2. The van der Waals surface area contributed by atoms with Gasteiger partial charge in [-0.25, -0.2) is 0 Å². The molecule has 0 atom stereocenters. The predicted molar refractivity (Wildman–Crippen MR) is 106 cm³/mol. The summed E-state index contributed by atoms with van der Waals surface area (Å²) in [4.78, 5) is 6.98. The number of hydrogen-bond donors (Lipinski definition) is 2. The summed E-state index contributed by atoms with van der Waals surface area (Å²) in [7, 11) is 0. The fraction of sp³-hybridized carbons (Fsp3) is 0.0435. The summed E-state index contributed by atoms with van der Waals surface area (Å²) in [5.41, 5.74) is 8.16. The van der Waals surface area contributed by atoms with E-state index in [1.54, 1.807) is 0 Å². The fourth-order valence-corrected chi connectivity index (χ4v) is 3.56. The van der Waals surface area contributed by atoms with Gasteiger partial charge < -0.3 is 9.97 Å². The molecule has 2 heterocycles. The molecule has 25 heavy (non-hydrogen) atoms. The second-order valence-corrected chi connectivity index (χ2v) is 6.55. The van der Waals surface area contributed by atoms with Gasteiger partial charge in [-0.3, -0.25) is 0 Å². The van der Waals surface area contributed by atoms with E-state index < -0.39 is 0 Å². The van der Waals surface area contributed by atoms with Crippen molar-refractivity contribution in [2.24, 2.45) is 0 Å². The van der Waals surface area contributed by atoms with Gasteiger partial charge in [-0.15, -0.1) is 0 Å². The molecule has 2 heteroatoms. The number of para-hydroxylation sites is 2. The van der Waals surface area contributed by atoms with Crippen molar-refractivity contribution in [2.45, 2.75) is 6.42 Å². The minimum absolute atomic E-state index is 0.916. The van der Waals surface area contributed by atoms with Crippen LogP contribution in [0.1, 0.15) is 17.8 Å². The Bertz CT molecular complexity index is 1110. The number of benzene rings is 2. The van der Waals surface area contributed by atoms with E-state index in [-0.39, 0.29) is 0 Å². The Balaban J connectivity index is 1.47. The second-order valence-electron chi connectivity index (χ2n) is 6.55. The first-order valence-electron chi connectivity index (χ1n) is 8.54. The zero-order chi connectivity index (χ0) is 16.8. The molecule has 2 nitrogen and oxygen atoms in total. The smallest absolute Gasteiger partial charge is 0.0461 e. The third-order valence-electron chi connectivity index (χ3n) is 4.96. The maximum absolute atomic E-state index is 4.33. The molecule has 0 amide bonds. The van der Waals surface area contributed by atoms with E-state index >= 15 is 0 Å². The molecule has 2 N–H and O–H groups in total. The van der Waals surface area contributed by atoms with E-state index in [2.05, 4.69) is 89.4 Å². The van der Waals surface area contributed by atoms with Crippen LogP contribution in [0.2, 0.25) is 0 Å². The van der Waals surface area contributed by atoms with Crippen molar-refractivity contribution in [3.8, 4) is 0 Å². The third-order valence-corrected chi connectivity index (χ3v) is 4.96. The second kappa shape index (κ2) is 5.38. The van der Waals surface area contributed by atoms with Crippen LogP contribution in [-0.4, -0.2) is 9.97 Å². The highest BCUT2D eigenvalue weighted by Gasteiger charge is 2.15. The molecule has 2 aromatic heterocycles. The largest absolute Gasteiger partial charge is 0.355 e. The molecule has 2 aromatic carbocycles. The predicted octanol–water partition coefficient (Wildman–Crippen LogP) is 6.08. The van der Waals surface area contributed by atoms with E-state index in [1.165, 1.54) is 33.1 Å². The van der Waals surface area contributed by atoms with Gasteiger partial charge in [0.2, 0.25) is 0 Å².